The molecule has 0 aliphatic heterocycles. The highest BCUT2D eigenvalue weighted by molar-refractivity contribution is 8.14. The standard InChI is InChI=1S/C16H14N2O2S/c1-10-3-8-13-14(9-10)18-16(17-13)21-15(19)11-4-6-12(20-2)7-5-11/h3-9H,1-2H3,(H,17,18). The number of benzene rings is 2. The topological polar surface area (TPSA) is 55.0 Å². The maximum atomic E-state index is 12.2. The van der Waals surface area contributed by atoms with E-state index in [0.29, 0.717) is 10.7 Å². The number of aryl methyl sites for hydroxylation is 1. The van der Waals surface area contributed by atoms with Crippen molar-refractivity contribution in [1.29, 1.82) is 0 Å². The van der Waals surface area contributed by atoms with Gasteiger partial charge in [0.15, 0.2) is 5.16 Å². The fourth-order valence-electron chi connectivity index (χ4n) is 2.02. The third-order valence-corrected chi connectivity index (χ3v) is 3.94. The third-order valence-electron chi connectivity index (χ3n) is 3.13. The second-order valence-electron chi connectivity index (χ2n) is 4.68. The molecule has 106 valence electrons. The van der Waals surface area contributed by atoms with E-state index in [1.54, 1.807) is 31.4 Å². The summed E-state index contributed by atoms with van der Waals surface area (Å²) in [7, 11) is 1.60. The summed E-state index contributed by atoms with van der Waals surface area (Å²) in [6, 6.07) is 13.0. The van der Waals surface area contributed by atoms with E-state index in [9.17, 15) is 4.79 Å². The summed E-state index contributed by atoms with van der Waals surface area (Å²) in [4.78, 5) is 19.8. The number of nitrogens with one attached hydrogen (secondary N) is 1. The molecule has 0 amide bonds. The molecule has 1 heterocycles. The number of imidazole rings is 1. The van der Waals surface area contributed by atoms with Crippen LogP contribution in [0.25, 0.3) is 11.0 Å². The van der Waals surface area contributed by atoms with E-state index in [-0.39, 0.29) is 5.12 Å². The number of nitrogens with zero attached hydrogens (tertiary/aromatic N) is 1. The van der Waals surface area contributed by atoms with E-state index < -0.39 is 0 Å². The first-order valence-electron chi connectivity index (χ1n) is 6.48. The Labute approximate surface area is 126 Å². The van der Waals surface area contributed by atoms with Crippen LogP contribution < -0.4 is 4.74 Å². The van der Waals surface area contributed by atoms with Gasteiger partial charge in [0.2, 0.25) is 5.12 Å². The number of hydrogen-bond donors (Lipinski definition) is 1. The lowest BCUT2D eigenvalue weighted by Crippen LogP contribution is -1.94. The van der Waals surface area contributed by atoms with Crippen LogP contribution in [0.1, 0.15) is 15.9 Å². The molecule has 0 aliphatic carbocycles. The normalized spacial score (nSPS) is 10.8. The number of aromatic nitrogens is 2. The quantitative estimate of drug-likeness (QED) is 0.747. The van der Waals surface area contributed by atoms with Crippen molar-refractivity contribution in [2.75, 3.05) is 7.11 Å². The van der Waals surface area contributed by atoms with Crippen molar-refractivity contribution in [1.82, 2.24) is 9.97 Å². The molecule has 3 rings (SSSR count). The van der Waals surface area contributed by atoms with Crippen molar-refractivity contribution in [3.8, 4) is 5.75 Å². The predicted molar refractivity (Wildman–Crippen MR) is 84.0 cm³/mol. The van der Waals surface area contributed by atoms with Gasteiger partial charge < -0.3 is 9.72 Å². The van der Waals surface area contributed by atoms with Crippen molar-refractivity contribution >= 4 is 27.9 Å². The van der Waals surface area contributed by atoms with Crippen LogP contribution in [0.5, 0.6) is 5.75 Å². The average molecular weight is 298 g/mol. The zero-order chi connectivity index (χ0) is 14.8. The van der Waals surface area contributed by atoms with Crippen LogP contribution in [-0.4, -0.2) is 22.2 Å². The number of ether oxygens (including phenoxy) is 1. The molecule has 3 aromatic rings. The van der Waals surface area contributed by atoms with E-state index in [1.807, 2.05) is 25.1 Å². The lowest BCUT2D eigenvalue weighted by molar-refractivity contribution is 0.108. The molecule has 0 unspecified atom stereocenters. The number of rotatable bonds is 3. The Kier molecular flexibility index (Phi) is 3.66. The number of methoxy groups -OCH3 is 1. The van der Waals surface area contributed by atoms with Crippen molar-refractivity contribution < 1.29 is 9.53 Å². The van der Waals surface area contributed by atoms with Crippen LogP contribution in [-0.2, 0) is 0 Å². The molecule has 1 N–H and O–H groups in total. The van der Waals surface area contributed by atoms with E-state index in [1.165, 1.54) is 0 Å². The van der Waals surface area contributed by atoms with Crippen LogP contribution in [0, 0.1) is 6.92 Å². The molecule has 1 aromatic heterocycles. The Morgan fingerprint density at radius 3 is 2.67 bits per heavy atom. The Balaban J connectivity index is 1.81. The molecular formula is C16H14N2O2S. The van der Waals surface area contributed by atoms with Gasteiger partial charge in [-0.05, 0) is 60.6 Å². The number of aromatic amines is 1. The highest BCUT2D eigenvalue weighted by Crippen LogP contribution is 2.24. The first kappa shape index (κ1) is 13.7. The Hall–Kier alpha value is -2.27. The second kappa shape index (κ2) is 5.61. The minimum absolute atomic E-state index is 0.0477. The minimum Gasteiger partial charge on any atom is -0.497 e. The number of carbonyl (C=O) groups excluding carboxylic acids is 1. The Bertz CT molecular complexity index is 794. The van der Waals surface area contributed by atoms with E-state index in [0.717, 1.165) is 34.1 Å². The van der Waals surface area contributed by atoms with Crippen LogP contribution in [0.2, 0.25) is 0 Å². The van der Waals surface area contributed by atoms with Crippen LogP contribution in [0.3, 0.4) is 0 Å². The number of hydrogen-bond acceptors (Lipinski definition) is 4. The van der Waals surface area contributed by atoms with Gasteiger partial charge >= 0.3 is 0 Å². The van der Waals surface area contributed by atoms with E-state index in [4.69, 9.17) is 4.74 Å². The molecule has 0 atom stereocenters. The third kappa shape index (κ3) is 2.92. The molecule has 0 saturated carbocycles. The van der Waals surface area contributed by atoms with Gasteiger partial charge in [-0.15, -0.1) is 0 Å². The summed E-state index contributed by atoms with van der Waals surface area (Å²) < 4.78 is 5.08. The number of H-pyrrole nitrogens is 1. The van der Waals surface area contributed by atoms with Crippen LogP contribution in [0.15, 0.2) is 47.6 Å². The van der Waals surface area contributed by atoms with Gasteiger partial charge in [0.05, 0.1) is 18.1 Å². The summed E-state index contributed by atoms with van der Waals surface area (Å²) in [5.74, 6) is 0.732. The van der Waals surface area contributed by atoms with Gasteiger partial charge in [-0.1, -0.05) is 6.07 Å². The summed E-state index contributed by atoms with van der Waals surface area (Å²) in [5.41, 5.74) is 3.59. The van der Waals surface area contributed by atoms with Gasteiger partial charge in [0.25, 0.3) is 0 Å². The minimum atomic E-state index is -0.0477. The zero-order valence-electron chi connectivity index (χ0n) is 11.7. The van der Waals surface area contributed by atoms with Crippen LogP contribution in [0.4, 0.5) is 0 Å². The maximum Gasteiger partial charge on any atom is 0.227 e. The Morgan fingerprint density at radius 2 is 1.95 bits per heavy atom. The fraction of sp³-hybridized carbons (Fsp3) is 0.125. The fourth-order valence-corrected chi connectivity index (χ4v) is 2.76. The predicted octanol–water partition coefficient (Wildman–Crippen LogP) is 3.81. The molecule has 21 heavy (non-hydrogen) atoms. The highest BCUT2D eigenvalue weighted by Gasteiger charge is 2.11. The molecular weight excluding hydrogens is 284 g/mol. The van der Waals surface area contributed by atoms with Gasteiger partial charge in [0.1, 0.15) is 5.75 Å². The monoisotopic (exact) mass is 298 g/mol. The smallest absolute Gasteiger partial charge is 0.227 e. The van der Waals surface area contributed by atoms with Gasteiger partial charge in [-0.3, -0.25) is 4.79 Å². The SMILES string of the molecule is COc1ccc(C(=O)Sc2nc3ccc(C)cc3[nH]2)cc1. The van der Waals surface area contributed by atoms with Gasteiger partial charge in [-0.25, -0.2) is 4.98 Å². The zero-order valence-corrected chi connectivity index (χ0v) is 12.5. The largest absolute Gasteiger partial charge is 0.497 e. The Morgan fingerprint density at radius 1 is 1.19 bits per heavy atom. The molecule has 4 nitrogen and oxygen atoms in total. The second-order valence-corrected chi connectivity index (χ2v) is 5.64. The lowest BCUT2D eigenvalue weighted by Gasteiger charge is -2.01. The molecule has 0 saturated heterocycles. The lowest BCUT2D eigenvalue weighted by atomic mass is 10.2. The summed E-state index contributed by atoms with van der Waals surface area (Å²) >= 11 is 1.10. The van der Waals surface area contributed by atoms with Crippen molar-refractivity contribution in [2.45, 2.75) is 12.1 Å². The van der Waals surface area contributed by atoms with E-state index >= 15 is 0 Å². The molecule has 0 fully saturated rings. The number of fused-ring (bicyclic) bond motifs is 1. The van der Waals surface area contributed by atoms with Gasteiger partial charge in [0, 0.05) is 5.56 Å². The summed E-state index contributed by atoms with van der Waals surface area (Å²) in [6.07, 6.45) is 0. The first-order chi connectivity index (χ1) is 10.2. The average Bonchev–Trinajstić information content (AvgIpc) is 2.88. The number of thioether (sulfide) groups is 1. The molecule has 0 bridgehead atoms. The van der Waals surface area contributed by atoms with E-state index in [2.05, 4.69) is 9.97 Å². The van der Waals surface area contributed by atoms with Crippen molar-refractivity contribution in [3.63, 3.8) is 0 Å². The molecule has 5 heteroatoms. The van der Waals surface area contributed by atoms with Crippen molar-refractivity contribution in [2.24, 2.45) is 0 Å². The van der Waals surface area contributed by atoms with Crippen LogP contribution >= 0.6 is 11.8 Å². The number of carbonyl (C=O) groups is 1. The molecule has 0 radical (unpaired) electrons. The first-order valence-corrected chi connectivity index (χ1v) is 7.30. The summed E-state index contributed by atoms with van der Waals surface area (Å²) in [6.45, 7) is 2.02. The summed E-state index contributed by atoms with van der Waals surface area (Å²) in [5, 5.41) is 0.560. The molecule has 0 aliphatic rings. The van der Waals surface area contributed by atoms with Crippen molar-refractivity contribution in [3.05, 3.63) is 53.6 Å². The molecule has 0 spiro atoms. The maximum absolute atomic E-state index is 12.2. The molecule has 2 aromatic carbocycles. The highest BCUT2D eigenvalue weighted by atomic mass is 32.2. The van der Waals surface area contributed by atoms with Gasteiger partial charge in [-0.2, -0.15) is 0 Å².